The third kappa shape index (κ3) is 4.59. The quantitative estimate of drug-likeness (QED) is 0.401. The standard InChI is InChI=1S/C26H22ClFN2O/c1-2-3-6-18-9-13-20(14-10-18)25-29-23(17-19-11-15-21(28)16-12-19)26(31)30(25)24-8-5-4-7-22(24)27/h4-5,7-17H,2-3,6H2,1H3. The van der Waals surface area contributed by atoms with Gasteiger partial charge in [-0.3, -0.25) is 9.69 Å². The van der Waals surface area contributed by atoms with Crippen LogP contribution in [0, 0.1) is 5.82 Å². The summed E-state index contributed by atoms with van der Waals surface area (Å²) in [5, 5.41) is 0.464. The molecule has 5 heteroatoms. The van der Waals surface area contributed by atoms with E-state index in [1.54, 1.807) is 35.2 Å². The number of benzene rings is 3. The highest BCUT2D eigenvalue weighted by Crippen LogP contribution is 2.32. The molecule has 1 aliphatic rings. The predicted octanol–water partition coefficient (Wildman–Crippen LogP) is 6.66. The van der Waals surface area contributed by atoms with Gasteiger partial charge < -0.3 is 0 Å². The van der Waals surface area contributed by atoms with E-state index >= 15 is 0 Å². The monoisotopic (exact) mass is 432 g/mol. The van der Waals surface area contributed by atoms with Crippen LogP contribution in [-0.4, -0.2) is 11.7 Å². The maximum Gasteiger partial charge on any atom is 0.282 e. The van der Waals surface area contributed by atoms with Crippen molar-refractivity contribution in [2.24, 2.45) is 4.99 Å². The summed E-state index contributed by atoms with van der Waals surface area (Å²) < 4.78 is 13.3. The third-order valence-electron chi connectivity index (χ3n) is 5.16. The maximum absolute atomic E-state index is 13.3. The van der Waals surface area contributed by atoms with Crippen LogP contribution in [0.1, 0.15) is 36.5 Å². The second-order valence-electron chi connectivity index (χ2n) is 7.41. The van der Waals surface area contributed by atoms with E-state index in [-0.39, 0.29) is 17.4 Å². The van der Waals surface area contributed by atoms with Gasteiger partial charge in [0.15, 0.2) is 0 Å². The number of aryl methyl sites for hydroxylation is 1. The zero-order valence-electron chi connectivity index (χ0n) is 17.2. The van der Waals surface area contributed by atoms with Gasteiger partial charge in [-0.05, 0) is 54.3 Å². The van der Waals surface area contributed by atoms with Crippen molar-refractivity contribution in [1.29, 1.82) is 0 Å². The number of unbranched alkanes of at least 4 members (excludes halogenated alkanes) is 1. The summed E-state index contributed by atoms with van der Waals surface area (Å²) in [5.41, 5.74) is 3.63. The predicted molar refractivity (Wildman–Crippen MR) is 125 cm³/mol. The number of nitrogens with zero attached hydrogens (tertiary/aromatic N) is 2. The molecule has 4 rings (SSSR count). The molecule has 0 unspecified atom stereocenters. The molecule has 3 aromatic carbocycles. The van der Waals surface area contributed by atoms with E-state index in [0.717, 1.165) is 24.8 Å². The number of amidine groups is 1. The summed E-state index contributed by atoms with van der Waals surface area (Å²) in [7, 11) is 0. The van der Waals surface area contributed by atoms with Crippen LogP contribution < -0.4 is 4.90 Å². The topological polar surface area (TPSA) is 32.7 Å². The van der Waals surface area contributed by atoms with E-state index in [0.29, 0.717) is 22.1 Å². The van der Waals surface area contributed by atoms with E-state index in [1.165, 1.54) is 17.7 Å². The number of anilines is 1. The molecule has 0 atom stereocenters. The summed E-state index contributed by atoms with van der Waals surface area (Å²) in [6.07, 6.45) is 4.95. The number of para-hydroxylation sites is 1. The van der Waals surface area contributed by atoms with Gasteiger partial charge >= 0.3 is 0 Å². The minimum atomic E-state index is -0.329. The highest BCUT2D eigenvalue weighted by atomic mass is 35.5. The second kappa shape index (κ2) is 9.27. The Morgan fingerprint density at radius 1 is 1.00 bits per heavy atom. The number of halogens is 2. The van der Waals surface area contributed by atoms with Gasteiger partial charge in [-0.2, -0.15) is 0 Å². The van der Waals surface area contributed by atoms with Crippen LogP contribution in [0.4, 0.5) is 10.1 Å². The molecule has 156 valence electrons. The first-order valence-electron chi connectivity index (χ1n) is 10.3. The Morgan fingerprint density at radius 2 is 1.71 bits per heavy atom. The Balaban J connectivity index is 1.76. The molecule has 0 fully saturated rings. The Morgan fingerprint density at radius 3 is 2.39 bits per heavy atom. The van der Waals surface area contributed by atoms with E-state index in [4.69, 9.17) is 11.6 Å². The number of rotatable bonds is 6. The average molecular weight is 433 g/mol. The SMILES string of the molecule is CCCCc1ccc(C2=NC(=Cc3ccc(F)cc3)C(=O)N2c2ccccc2Cl)cc1. The number of carbonyl (C=O) groups is 1. The molecule has 0 spiro atoms. The first kappa shape index (κ1) is 21.0. The lowest BCUT2D eigenvalue weighted by Crippen LogP contribution is -2.32. The smallest absolute Gasteiger partial charge is 0.266 e. The van der Waals surface area contributed by atoms with Crippen LogP contribution in [0.2, 0.25) is 5.02 Å². The van der Waals surface area contributed by atoms with Gasteiger partial charge in [-0.25, -0.2) is 9.38 Å². The second-order valence-corrected chi connectivity index (χ2v) is 7.82. The summed E-state index contributed by atoms with van der Waals surface area (Å²) >= 11 is 6.42. The van der Waals surface area contributed by atoms with E-state index in [1.807, 2.05) is 24.3 Å². The Kier molecular flexibility index (Phi) is 6.28. The zero-order valence-corrected chi connectivity index (χ0v) is 17.9. The van der Waals surface area contributed by atoms with Crippen molar-refractivity contribution in [2.45, 2.75) is 26.2 Å². The molecular formula is C26H22ClFN2O. The van der Waals surface area contributed by atoms with Gasteiger partial charge in [0.05, 0.1) is 10.7 Å². The van der Waals surface area contributed by atoms with E-state index < -0.39 is 0 Å². The minimum absolute atomic E-state index is 0.275. The molecule has 1 aliphatic heterocycles. The molecule has 3 aromatic rings. The Bertz CT molecular complexity index is 1150. The highest BCUT2D eigenvalue weighted by molar-refractivity contribution is 6.39. The van der Waals surface area contributed by atoms with Crippen molar-refractivity contribution < 1.29 is 9.18 Å². The van der Waals surface area contributed by atoms with Crippen molar-refractivity contribution in [2.75, 3.05) is 4.90 Å². The van der Waals surface area contributed by atoms with Crippen molar-refractivity contribution in [3.8, 4) is 0 Å². The summed E-state index contributed by atoms with van der Waals surface area (Å²) in [5.74, 6) is -0.0825. The molecule has 0 aromatic heterocycles. The number of hydrogen-bond donors (Lipinski definition) is 0. The van der Waals surface area contributed by atoms with Crippen LogP contribution in [0.3, 0.4) is 0 Å². The fourth-order valence-corrected chi connectivity index (χ4v) is 3.71. The van der Waals surface area contributed by atoms with Gasteiger partial charge in [0.1, 0.15) is 17.3 Å². The van der Waals surface area contributed by atoms with Gasteiger partial charge in [-0.15, -0.1) is 0 Å². The maximum atomic E-state index is 13.3. The Hall–Kier alpha value is -3.24. The lowest BCUT2D eigenvalue weighted by molar-refractivity contribution is -0.113. The largest absolute Gasteiger partial charge is 0.282 e. The zero-order chi connectivity index (χ0) is 21.8. The number of aliphatic imine (C=N–C) groups is 1. The normalized spacial score (nSPS) is 14.9. The molecular weight excluding hydrogens is 411 g/mol. The molecule has 0 radical (unpaired) electrons. The van der Waals surface area contributed by atoms with E-state index in [9.17, 15) is 9.18 Å². The summed E-state index contributed by atoms with van der Waals surface area (Å²) in [6, 6.07) is 21.3. The first-order chi connectivity index (χ1) is 15.1. The summed E-state index contributed by atoms with van der Waals surface area (Å²) in [6.45, 7) is 2.17. The number of amides is 1. The molecule has 0 bridgehead atoms. The average Bonchev–Trinajstić information content (AvgIpc) is 3.10. The van der Waals surface area contributed by atoms with Gasteiger partial charge in [0.25, 0.3) is 5.91 Å². The lowest BCUT2D eigenvalue weighted by atomic mass is 10.1. The molecule has 3 nitrogen and oxygen atoms in total. The summed E-state index contributed by atoms with van der Waals surface area (Å²) in [4.78, 5) is 19.5. The van der Waals surface area contributed by atoms with Crippen LogP contribution in [0.5, 0.6) is 0 Å². The van der Waals surface area contributed by atoms with Gasteiger partial charge in [-0.1, -0.05) is 73.5 Å². The van der Waals surface area contributed by atoms with Crippen molar-refractivity contribution in [3.63, 3.8) is 0 Å². The number of carbonyl (C=O) groups excluding carboxylic acids is 1. The molecule has 0 N–H and O–H groups in total. The minimum Gasteiger partial charge on any atom is -0.266 e. The van der Waals surface area contributed by atoms with Gasteiger partial charge in [0, 0.05) is 5.56 Å². The van der Waals surface area contributed by atoms with Crippen molar-refractivity contribution in [1.82, 2.24) is 0 Å². The Labute approximate surface area is 186 Å². The lowest BCUT2D eigenvalue weighted by Gasteiger charge is -2.20. The van der Waals surface area contributed by atoms with Gasteiger partial charge in [0.2, 0.25) is 0 Å². The fraction of sp³-hybridized carbons (Fsp3) is 0.154. The van der Waals surface area contributed by atoms with Crippen LogP contribution >= 0.6 is 11.6 Å². The van der Waals surface area contributed by atoms with Crippen LogP contribution in [0.25, 0.3) is 6.08 Å². The van der Waals surface area contributed by atoms with Crippen molar-refractivity contribution >= 4 is 35.1 Å². The first-order valence-corrected chi connectivity index (χ1v) is 10.7. The molecule has 0 saturated heterocycles. The molecule has 0 saturated carbocycles. The molecule has 31 heavy (non-hydrogen) atoms. The highest BCUT2D eigenvalue weighted by Gasteiger charge is 2.33. The van der Waals surface area contributed by atoms with Crippen molar-refractivity contribution in [3.05, 3.63) is 106 Å². The molecule has 1 amide bonds. The molecule has 0 aliphatic carbocycles. The van der Waals surface area contributed by atoms with Crippen LogP contribution in [0.15, 0.2) is 83.5 Å². The third-order valence-corrected chi connectivity index (χ3v) is 5.48. The molecule has 1 heterocycles. The number of hydrogen-bond acceptors (Lipinski definition) is 2. The van der Waals surface area contributed by atoms with Crippen LogP contribution in [-0.2, 0) is 11.2 Å². The van der Waals surface area contributed by atoms with E-state index in [2.05, 4.69) is 24.0 Å². The fourth-order valence-electron chi connectivity index (χ4n) is 3.49.